The van der Waals surface area contributed by atoms with Gasteiger partial charge in [-0.2, -0.15) is 0 Å². The fraction of sp³-hybridized carbons (Fsp3) is 0.304. The molecular weight excluding hydrogens is 336 g/mol. The molecule has 0 spiro atoms. The van der Waals surface area contributed by atoms with Crippen LogP contribution in [0.4, 0.5) is 5.69 Å². The summed E-state index contributed by atoms with van der Waals surface area (Å²) in [6.07, 6.45) is 5.97. The smallest absolute Gasteiger partial charge is 0.261 e. The third-order valence-electron chi connectivity index (χ3n) is 5.40. The van der Waals surface area contributed by atoms with E-state index in [9.17, 15) is 9.59 Å². The SMILES string of the molecule is CCCCc1ccc(NC(=O)c2cn3c4c(cccc4c2=O)C[C@@H]3C)cc1. The zero-order valence-corrected chi connectivity index (χ0v) is 15.8. The molecule has 0 radical (unpaired) electrons. The normalized spacial score (nSPS) is 15.3. The Morgan fingerprint density at radius 2 is 1.96 bits per heavy atom. The van der Waals surface area contributed by atoms with Crippen LogP contribution in [0.5, 0.6) is 0 Å². The van der Waals surface area contributed by atoms with E-state index in [2.05, 4.69) is 29.8 Å². The number of hydrogen-bond donors (Lipinski definition) is 1. The Balaban J connectivity index is 1.64. The first-order chi connectivity index (χ1) is 13.1. The van der Waals surface area contributed by atoms with Crippen molar-refractivity contribution < 1.29 is 4.79 Å². The maximum Gasteiger partial charge on any atom is 0.261 e. The Hall–Kier alpha value is -2.88. The molecule has 3 aromatic rings. The Bertz CT molecular complexity index is 1060. The molecule has 1 amide bonds. The molecule has 1 N–H and O–H groups in total. The molecule has 138 valence electrons. The van der Waals surface area contributed by atoms with Crippen molar-refractivity contribution in [3.63, 3.8) is 0 Å². The van der Waals surface area contributed by atoms with Gasteiger partial charge in [-0.1, -0.05) is 37.6 Å². The number of pyridine rings is 1. The van der Waals surface area contributed by atoms with Gasteiger partial charge in [-0.3, -0.25) is 9.59 Å². The van der Waals surface area contributed by atoms with Crippen LogP contribution in [-0.2, 0) is 12.8 Å². The minimum atomic E-state index is -0.350. The fourth-order valence-electron chi connectivity index (χ4n) is 3.91. The van der Waals surface area contributed by atoms with Gasteiger partial charge >= 0.3 is 0 Å². The minimum absolute atomic E-state index is 0.198. The van der Waals surface area contributed by atoms with E-state index >= 15 is 0 Å². The first-order valence-electron chi connectivity index (χ1n) is 9.65. The number of anilines is 1. The monoisotopic (exact) mass is 360 g/mol. The minimum Gasteiger partial charge on any atom is -0.343 e. The largest absolute Gasteiger partial charge is 0.343 e. The average Bonchev–Trinajstić information content (AvgIpc) is 3.00. The lowest BCUT2D eigenvalue weighted by Gasteiger charge is -2.13. The topological polar surface area (TPSA) is 51.1 Å². The van der Waals surface area contributed by atoms with E-state index in [1.807, 2.05) is 36.4 Å². The van der Waals surface area contributed by atoms with Crippen LogP contribution in [0.3, 0.4) is 0 Å². The number of aryl methyl sites for hydroxylation is 1. The standard InChI is InChI=1S/C23H24N2O2/c1-3-4-6-16-9-11-18(12-10-16)24-23(27)20-14-25-15(2)13-17-7-5-8-19(21(17)25)22(20)26/h5,7-12,14-15H,3-4,6,13H2,1-2H3,(H,24,27)/t15-/m0/s1. The van der Waals surface area contributed by atoms with Crippen LogP contribution in [0, 0.1) is 0 Å². The summed E-state index contributed by atoms with van der Waals surface area (Å²) in [5.74, 6) is -0.350. The third kappa shape index (κ3) is 3.16. The molecule has 27 heavy (non-hydrogen) atoms. The van der Waals surface area contributed by atoms with Gasteiger partial charge in [0.2, 0.25) is 5.43 Å². The van der Waals surface area contributed by atoms with Crippen LogP contribution >= 0.6 is 0 Å². The van der Waals surface area contributed by atoms with E-state index in [1.165, 1.54) is 11.1 Å². The van der Waals surface area contributed by atoms with Gasteiger partial charge in [-0.25, -0.2) is 0 Å². The second kappa shape index (κ2) is 7.03. The number of hydrogen-bond acceptors (Lipinski definition) is 2. The number of aromatic nitrogens is 1. The van der Waals surface area contributed by atoms with Crippen LogP contribution in [-0.4, -0.2) is 10.5 Å². The van der Waals surface area contributed by atoms with Crippen molar-refractivity contribution in [3.8, 4) is 0 Å². The van der Waals surface area contributed by atoms with E-state index in [-0.39, 0.29) is 22.9 Å². The molecule has 0 bridgehead atoms. The number of nitrogens with zero attached hydrogens (tertiary/aromatic N) is 1. The lowest BCUT2D eigenvalue weighted by atomic mass is 10.1. The van der Waals surface area contributed by atoms with E-state index in [0.29, 0.717) is 11.1 Å². The van der Waals surface area contributed by atoms with Crippen molar-refractivity contribution in [3.05, 3.63) is 75.6 Å². The summed E-state index contributed by atoms with van der Waals surface area (Å²) in [6, 6.07) is 13.9. The van der Waals surface area contributed by atoms with Gasteiger partial charge < -0.3 is 9.88 Å². The van der Waals surface area contributed by atoms with Crippen molar-refractivity contribution in [2.45, 2.75) is 45.6 Å². The average molecular weight is 360 g/mol. The second-order valence-corrected chi connectivity index (χ2v) is 7.40. The van der Waals surface area contributed by atoms with Gasteiger partial charge in [-0.15, -0.1) is 0 Å². The number of carbonyl (C=O) groups excluding carboxylic acids is 1. The fourth-order valence-corrected chi connectivity index (χ4v) is 3.91. The molecule has 2 aromatic carbocycles. The quantitative estimate of drug-likeness (QED) is 0.716. The predicted molar refractivity (Wildman–Crippen MR) is 110 cm³/mol. The van der Waals surface area contributed by atoms with Crippen LogP contribution in [0.2, 0.25) is 0 Å². The maximum absolute atomic E-state index is 12.9. The van der Waals surface area contributed by atoms with Crippen LogP contribution < -0.4 is 10.7 Å². The van der Waals surface area contributed by atoms with Gasteiger partial charge in [-0.05, 0) is 55.5 Å². The van der Waals surface area contributed by atoms with E-state index in [0.717, 1.165) is 31.2 Å². The first kappa shape index (κ1) is 17.5. The maximum atomic E-state index is 12.9. The highest BCUT2D eigenvalue weighted by molar-refractivity contribution is 6.06. The molecule has 4 nitrogen and oxygen atoms in total. The zero-order chi connectivity index (χ0) is 19.0. The molecule has 1 aliphatic heterocycles. The zero-order valence-electron chi connectivity index (χ0n) is 15.8. The lowest BCUT2D eigenvalue weighted by Crippen LogP contribution is -2.23. The summed E-state index contributed by atoms with van der Waals surface area (Å²) in [4.78, 5) is 25.7. The van der Waals surface area contributed by atoms with Crippen molar-refractivity contribution in [2.75, 3.05) is 5.32 Å². The number of amides is 1. The first-order valence-corrected chi connectivity index (χ1v) is 9.65. The Labute approximate surface area is 158 Å². The van der Waals surface area contributed by atoms with Crippen molar-refractivity contribution in [1.29, 1.82) is 0 Å². The number of nitrogens with one attached hydrogen (secondary N) is 1. The molecule has 1 aliphatic rings. The van der Waals surface area contributed by atoms with Gasteiger partial charge in [0.05, 0.1) is 5.52 Å². The summed E-state index contributed by atoms with van der Waals surface area (Å²) in [5, 5.41) is 3.50. The number of unbranched alkanes of at least 4 members (excludes halogenated alkanes) is 1. The van der Waals surface area contributed by atoms with Crippen molar-refractivity contribution >= 4 is 22.5 Å². The van der Waals surface area contributed by atoms with Crippen LogP contribution in [0.25, 0.3) is 10.9 Å². The van der Waals surface area contributed by atoms with E-state index in [4.69, 9.17) is 0 Å². The summed E-state index contributed by atoms with van der Waals surface area (Å²) in [6.45, 7) is 4.28. The number of carbonyl (C=O) groups is 1. The van der Waals surface area contributed by atoms with Crippen LogP contribution in [0.1, 0.15) is 54.2 Å². The number of para-hydroxylation sites is 1. The van der Waals surface area contributed by atoms with E-state index in [1.54, 1.807) is 6.20 Å². The molecule has 4 heteroatoms. The van der Waals surface area contributed by atoms with Crippen molar-refractivity contribution in [1.82, 2.24) is 4.57 Å². The Morgan fingerprint density at radius 1 is 1.19 bits per heavy atom. The highest BCUT2D eigenvalue weighted by atomic mass is 16.2. The number of rotatable bonds is 5. The van der Waals surface area contributed by atoms with Gasteiger partial charge in [0.25, 0.3) is 5.91 Å². The molecular formula is C23H24N2O2. The van der Waals surface area contributed by atoms with Crippen LogP contribution in [0.15, 0.2) is 53.5 Å². The third-order valence-corrected chi connectivity index (χ3v) is 5.40. The second-order valence-electron chi connectivity index (χ2n) is 7.40. The molecule has 0 fully saturated rings. The Morgan fingerprint density at radius 3 is 2.70 bits per heavy atom. The highest BCUT2D eigenvalue weighted by Gasteiger charge is 2.24. The predicted octanol–water partition coefficient (Wildman–Crippen LogP) is 4.71. The molecule has 0 saturated heterocycles. The summed E-state index contributed by atoms with van der Waals surface area (Å²) >= 11 is 0. The molecule has 4 rings (SSSR count). The van der Waals surface area contributed by atoms with Gasteiger partial charge in [0, 0.05) is 23.3 Å². The lowest BCUT2D eigenvalue weighted by molar-refractivity contribution is 0.102. The van der Waals surface area contributed by atoms with E-state index < -0.39 is 0 Å². The molecule has 0 aliphatic carbocycles. The summed E-state index contributed by atoms with van der Waals surface area (Å²) in [7, 11) is 0. The van der Waals surface area contributed by atoms with Gasteiger partial charge in [0.15, 0.2) is 0 Å². The Kier molecular flexibility index (Phi) is 4.56. The molecule has 0 saturated carbocycles. The molecule has 1 atom stereocenters. The summed E-state index contributed by atoms with van der Waals surface area (Å²) < 4.78 is 2.06. The van der Waals surface area contributed by atoms with Gasteiger partial charge in [0.1, 0.15) is 5.56 Å². The summed E-state index contributed by atoms with van der Waals surface area (Å²) in [5.41, 5.74) is 4.11. The highest BCUT2D eigenvalue weighted by Crippen LogP contribution is 2.31. The molecule has 0 unspecified atom stereocenters. The molecule has 2 heterocycles. The molecule has 1 aromatic heterocycles. The number of benzene rings is 2. The van der Waals surface area contributed by atoms with Crippen molar-refractivity contribution in [2.24, 2.45) is 0 Å².